The highest BCUT2D eigenvalue weighted by atomic mass is 16.3. The molecule has 0 spiro atoms. The first-order valence-electron chi connectivity index (χ1n) is 7.82. The van der Waals surface area contributed by atoms with Crippen LogP contribution in [0.3, 0.4) is 0 Å². The molecule has 0 saturated heterocycles. The van der Waals surface area contributed by atoms with E-state index in [9.17, 15) is 5.11 Å². The van der Waals surface area contributed by atoms with E-state index in [1.54, 1.807) is 26.2 Å². The van der Waals surface area contributed by atoms with Gasteiger partial charge in [0.25, 0.3) is 0 Å². The molecule has 0 unspecified atom stereocenters. The molecule has 3 heterocycles. The Balaban J connectivity index is 2.12. The minimum atomic E-state index is -1.06. The molecule has 3 N–H and O–H groups in total. The largest absolute Gasteiger partial charge is 0.396 e. The average Bonchev–Trinajstić information content (AvgIpc) is 3.17. The molecule has 0 saturated carbocycles. The standard InChI is InChI=1S/C18H20N4O2/c1-18(2,24)5-4-14-8-15-16(13-9-20-21-10-13)12-22(6-3-7-23)17(15)11-19-14/h8-12,23-24H,3,6-7H2,1-2H3,(H,20,21). The second-order valence-corrected chi connectivity index (χ2v) is 6.20. The molecule has 6 nitrogen and oxygen atoms in total. The van der Waals surface area contributed by atoms with Crippen molar-refractivity contribution in [2.45, 2.75) is 32.4 Å². The van der Waals surface area contributed by atoms with E-state index in [2.05, 4.69) is 31.6 Å². The Morgan fingerprint density at radius 1 is 1.33 bits per heavy atom. The molecule has 0 atom stereocenters. The van der Waals surface area contributed by atoms with Gasteiger partial charge in [-0.3, -0.25) is 5.10 Å². The van der Waals surface area contributed by atoms with E-state index in [0.717, 1.165) is 22.0 Å². The summed E-state index contributed by atoms with van der Waals surface area (Å²) in [5.74, 6) is 5.70. The molecule has 0 aromatic carbocycles. The Bertz CT molecular complexity index is 893. The number of hydrogen-bond donors (Lipinski definition) is 3. The first kappa shape index (κ1) is 16.2. The van der Waals surface area contributed by atoms with Gasteiger partial charge in [-0.25, -0.2) is 4.98 Å². The van der Waals surface area contributed by atoms with Crippen LogP contribution in [-0.2, 0) is 6.54 Å². The molecule has 6 heteroatoms. The topological polar surface area (TPSA) is 87.0 Å². The summed E-state index contributed by atoms with van der Waals surface area (Å²) in [5, 5.41) is 26.7. The lowest BCUT2D eigenvalue weighted by molar-refractivity contribution is 0.143. The first-order chi connectivity index (χ1) is 11.5. The lowest BCUT2D eigenvalue weighted by Crippen LogP contribution is -2.14. The van der Waals surface area contributed by atoms with Crippen molar-refractivity contribution in [2.75, 3.05) is 6.61 Å². The van der Waals surface area contributed by atoms with Crippen LogP contribution in [0.4, 0.5) is 0 Å². The van der Waals surface area contributed by atoms with Gasteiger partial charge in [-0.2, -0.15) is 5.10 Å². The van der Waals surface area contributed by atoms with E-state index in [4.69, 9.17) is 5.11 Å². The van der Waals surface area contributed by atoms with Gasteiger partial charge in [0, 0.05) is 42.1 Å². The van der Waals surface area contributed by atoms with Crippen LogP contribution < -0.4 is 0 Å². The summed E-state index contributed by atoms with van der Waals surface area (Å²) in [6, 6.07) is 1.92. The van der Waals surface area contributed by atoms with Gasteiger partial charge >= 0.3 is 0 Å². The second kappa shape index (κ2) is 6.48. The normalized spacial score (nSPS) is 11.5. The zero-order valence-electron chi connectivity index (χ0n) is 13.7. The number of aryl methyl sites for hydroxylation is 1. The van der Waals surface area contributed by atoms with Crippen molar-refractivity contribution >= 4 is 10.9 Å². The number of hydrogen-bond acceptors (Lipinski definition) is 4. The van der Waals surface area contributed by atoms with Gasteiger partial charge in [0.05, 0.1) is 17.9 Å². The summed E-state index contributed by atoms with van der Waals surface area (Å²) < 4.78 is 2.08. The molecule has 124 valence electrons. The highest BCUT2D eigenvalue weighted by Crippen LogP contribution is 2.30. The third kappa shape index (κ3) is 3.48. The lowest BCUT2D eigenvalue weighted by Gasteiger charge is -2.06. The highest BCUT2D eigenvalue weighted by Gasteiger charge is 2.12. The number of nitrogens with zero attached hydrogens (tertiary/aromatic N) is 3. The molecule has 0 aliphatic rings. The first-order valence-corrected chi connectivity index (χ1v) is 7.82. The number of aliphatic hydroxyl groups is 2. The van der Waals surface area contributed by atoms with Crippen LogP contribution >= 0.6 is 0 Å². The zero-order chi connectivity index (χ0) is 17.2. The van der Waals surface area contributed by atoms with Crippen LogP contribution in [0, 0.1) is 11.8 Å². The number of rotatable bonds is 4. The molecule has 24 heavy (non-hydrogen) atoms. The van der Waals surface area contributed by atoms with Crippen LogP contribution in [0.2, 0.25) is 0 Å². The van der Waals surface area contributed by atoms with E-state index < -0.39 is 5.60 Å². The van der Waals surface area contributed by atoms with Crippen molar-refractivity contribution in [1.29, 1.82) is 0 Å². The molecular formula is C18H20N4O2. The van der Waals surface area contributed by atoms with E-state index in [-0.39, 0.29) is 6.61 Å². The molecule has 0 aliphatic carbocycles. The smallest absolute Gasteiger partial charge is 0.120 e. The molecular weight excluding hydrogens is 304 g/mol. The summed E-state index contributed by atoms with van der Waals surface area (Å²) in [6.45, 7) is 4.13. The van der Waals surface area contributed by atoms with Gasteiger partial charge < -0.3 is 14.8 Å². The summed E-state index contributed by atoms with van der Waals surface area (Å²) >= 11 is 0. The van der Waals surface area contributed by atoms with Crippen LogP contribution in [0.1, 0.15) is 26.0 Å². The summed E-state index contributed by atoms with van der Waals surface area (Å²) in [6.07, 6.45) is 8.11. The third-order valence-corrected chi connectivity index (χ3v) is 3.63. The molecule has 0 fully saturated rings. The molecule has 3 aromatic rings. The quantitative estimate of drug-likeness (QED) is 0.640. The Labute approximate surface area is 140 Å². The van der Waals surface area contributed by atoms with Crippen molar-refractivity contribution < 1.29 is 10.2 Å². The Morgan fingerprint density at radius 2 is 2.17 bits per heavy atom. The molecule has 0 bridgehead atoms. The van der Waals surface area contributed by atoms with Crippen molar-refractivity contribution in [3.63, 3.8) is 0 Å². The van der Waals surface area contributed by atoms with Gasteiger partial charge in [0.15, 0.2) is 0 Å². The zero-order valence-corrected chi connectivity index (χ0v) is 13.7. The summed E-state index contributed by atoms with van der Waals surface area (Å²) in [7, 11) is 0. The molecule has 0 aliphatic heterocycles. The highest BCUT2D eigenvalue weighted by molar-refractivity contribution is 5.96. The van der Waals surface area contributed by atoms with Gasteiger partial charge in [-0.1, -0.05) is 5.92 Å². The molecule has 3 rings (SSSR count). The maximum atomic E-state index is 9.76. The number of fused-ring (bicyclic) bond motifs is 1. The molecule has 3 aromatic heterocycles. The fourth-order valence-electron chi connectivity index (χ4n) is 2.53. The fraction of sp³-hybridized carbons (Fsp3) is 0.333. The lowest BCUT2D eigenvalue weighted by atomic mass is 10.1. The number of aliphatic hydroxyl groups excluding tert-OH is 1. The van der Waals surface area contributed by atoms with Crippen LogP contribution in [0.25, 0.3) is 22.0 Å². The maximum absolute atomic E-state index is 9.76. The molecule has 0 radical (unpaired) electrons. The number of aromatic nitrogens is 4. The second-order valence-electron chi connectivity index (χ2n) is 6.20. The van der Waals surface area contributed by atoms with Crippen molar-refractivity contribution in [1.82, 2.24) is 19.7 Å². The monoisotopic (exact) mass is 324 g/mol. The number of nitrogens with one attached hydrogen (secondary N) is 1. The van der Waals surface area contributed by atoms with Crippen molar-refractivity contribution in [3.8, 4) is 23.0 Å². The Kier molecular flexibility index (Phi) is 4.38. The van der Waals surface area contributed by atoms with E-state index >= 15 is 0 Å². The average molecular weight is 324 g/mol. The van der Waals surface area contributed by atoms with Gasteiger partial charge in [-0.05, 0) is 32.3 Å². The minimum Gasteiger partial charge on any atom is -0.396 e. The summed E-state index contributed by atoms with van der Waals surface area (Å²) in [4.78, 5) is 4.38. The van der Waals surface area contributed by atoms with Gasteiger partial charge in [0.2, 0.25) is 0 Å². The fourth-order valence-corrected chi connectivity index (χ4v) is 2.53. The molecule has 0 amide bonds. The minimum absolute atomic E-state index is 0.142. The maximum Gasteiger partial charge on any atom is 0.120 e. The Hall–Kier alpha value is -2.62. The summed E-state index contributed by atoms with van der Waals surface area (Å²) in [5.41, 5.74) is 2.54. The van der Waals surface area contributed by atoms with Gasteiger partial charge in [0.1, 0.15) is 11.3 Å². The Morgan fingerprint density at radius 3 is 2.83 bits per heavy atom. The van der Waals surface area contributed by atoms with Crippen LogP contribution in [-0.4, -0.2) is 42.2 Å². The number of aromatic amines is 1. The predicted octanol–water partition coefficient (Wildman–Crippen LogP) is 1.93. The predicted molar refractivity (Wildman–Crippen MR) is 92.2 cm³/mol. The van der Waals surface area contributed by atoms with E-state index in [1.807, 2.05) is 18.5 Å². The van der Waals surface area contributed by atoms with Crippen LogP contribution in [0.5, 0.6) is 0 Å². The third-order valence-electron chi connectivity index (χ3n) is 3.63. The van der Waals surface area contributed by atoms with Crippen LogP contribution in [0.15, 0.2) is 30.9 Å². The number of H-pyrrole nitrogens is 1. The van der Waals surface area contributed by atoms with E-state index in [1.165, 1.54) is 0 Å². The van der Waals surface area contributed by atoms with E-state index in [0.29, 0.717) is 18.7 Å². The van der Waals surface area contributed by atoms with Crippen molar-refractivity contribution in [2.24, 2.45) is 0 Å². The van der Waals surface area contributed by atoms with Gasteiger partial charge in [-0.15, -0.1) is 0 Å². The van der Waals surface area contributed by atoms with Crippen molar-refractivity contribution in [3.05, 3.63) is 36.5 Å². The number of pyridine rings is 1. The SMILES string of the molecule is CC(C)(O)C#Cc1cc2c(-c3cn[nH]c3)cn(CCCO)c2cn1.